The largest absolute Gasteiger partial charge is 0.363 e. The highest BCUT2D eigenvalue weighted by Crippen LogP contribution is 2.13. The molecule has 1 aliphatic rings. The van der Waals surface area contributed by atoms with Gasteiger partial charge in [0.2, 0.25) is 0 Å². The van der Waals surface area contributed by atoms with Crippen molar-refractivity contribution in [3.05, 3.63) is 30.1 Å². The first-order chi connectivity index (χ1) is 7.74. The van der Waals surface area contributed by atoms with E-state index in [-0.39, 0.29) is 11.1 Å². The van der Waals surface area contributed by atoms with Crippen LogP contribution in [0.4, 0.5) is 14.9 Å². The summed E-state index contributed by atoms with van der Waals surface area (Å²) in [4.78, 5) is 15.6. The van der Waals surface area contributed by atoms with Crippen molar-refractivity contribution in [2.24, 2.45) is 4.99 Å². The van der Waals surface area contributed by atoms with Crippen molar-refractivity contribution in [3.8, 4) is 0 Å². The van der Waals surface area contributed by atoms with Gasteiger partial charge >= 0.3 is 0 Å². The van der Waals surface area contributed by atoms with Gasteiger partial charge in [0.1, 0.15) is 5.82 Å². The summed E-state index contributed by atoms with van der Waals surface area (Å²) in [5, 5.41) is 6.00. The monoisotopic (exact) mass is 239 g/mol. The number of nitrogens with zero attached hydrogens (tertiary/aromatic N) is 1. The number of carbonyl (C=O) groups excluding carboxylic acids is 1. The molecule has 0 aliphatic carbocycles. The van der Waals surface area contributed by atoms with Crippen LogP contribution in [0.15, 0.2) is 29.3 Å². The predicted molar refractivity (Wildman–Crippen MR) is 63.3 cm³/mol. The third-order valence-corrected chi connectivity index (χ3v) is 2.68. The summed E-state index contributed by atoms with van der Waals surface area (Å²) in [6.45, 7) is 1.47. The highest BCUT2D eigenvalue weighted by Gasteiger charge is 2.11. The molecule has 0 bridgehead atoms. The quantitative estimate of drug-likeness (QED) is 0.788. The molecule has 4 nitrogen and oxygen atoms in total. The van der Waals surface area contributed by atoms with E-state index in [1.54, 1.807) is 0 Å². The Morgan fingerprint density at radius 2 is 2.19 bits per heavy atom. The van der Waals surface area contributed by atoms with Crippen LogP contribution in [-0.4, -0.2) is 23.5 Å². The van der Waals surface area contributed by atoms with Gasteiger partial charge < -0.3 is 10.6 Å². The Morgan fingerprint density at radius 3 is 2.81 bits per heavy atom. The third kappa shape index (κ3) is 2.96. The molecule has 0 saturated carbocycles. The first kappa shape index (κ1) is 10.9. The molecule has 2 N–H and O–H groups in total. The van der Waals surface area contributed by atoms with E-state index < -0.39 is 0 Å². The second-order valence-corrected chi connectivity index (χ2v) is 4.10. The molecule has 16 heavy (non-hydrogen) atoms. The van der Waals surface area contributed by atoms with Crippen LogP contribution in [0.5, 0.6) is 0 Å². The van der Waals surface area contributed by atoms with E-state index in [1.165, 1.54) is 24.3 Å². The van der Waals surface area contributed by atoms with Crippen LogP contribution in [0.1, 0.15) is 0 Å². The van der Waals surface area contributed by atoms with Gasteiger partial charge in [-0.2, -0.15) is 0 Å². The van der Waals surface area contributed by atoms with E-state index in [2.05, 4.69) is 15.6 Å². The first-order valence-electron chi connectivity index (χ1n) is 4.77. The SMILES string of the molecule is O=C(Nc1ccc(F)cc1)SC1=NCCN1. The van der Waals surface area contributed by atoms with Crippen LogP contribution in [0, 0.1) is 5.82 Å². The van der Waals surface area contributed by atoms with E-state index in [9.17, 15) is 9.18 Å². The summed E-state index contributed by atoms with van der Waals surface area (Å²) in [5.74, 6) is -0.326. The zero-order chi connectivity index (χ0) is 11.4. The van der Waals surface area contributed by atoms with Crippen LogP contribution < -0.4 is 10.6 Å². The number of amides is 1. The fraction of sp³-hybridized carbons (Fsp3) is 0.200. The molecule has 0 atom stereocenters. The average molecular weight is 239 g/mol. The van der Waals surface area contributed by atoms with Gasteiger partial charge in [-0.15, -0.1) is 0 Å². The number of hydrogen-bond donors (Lipinski definition) is 2. The smallest absolute Gasteiger partial charge is 0.291 e. The summed E-state index contributed by atoms with van der Waals surface area (Å²) >= 11 is 1.00. The number of thioether (sulfide) groups is 1. The third-order valence-electron chi connectivity index (χ3n) is 1.92. The number of halogens is 1. The van der Waals surface area contributed by atoms with Gasteiger partial charge in [-0.25, -0.2) is 4.39 Å². The van der Waals surface area contributed by atoms with Crippen molar-refractivity contribution in [1.82, 2.24) is 5.32 Å². The second-order valence-electron chi connectivity index (χ2n) is 3.14. The number of hydrogen-bond acceptors (Lipinski definition) is 4. The van der Waals surface area contributed by atoms with Crippen LogP contribution in [0.25, 0.3) is 0 Å². The van der Waals surface area contributed by atoms with Gasteiger partial charge in [-0.1, -0.05) is 0 Å². The standard InChI is InChI=1S/C10H10FN3OS/c11-7-1-3-8(4-2-7)14-10(15)16-9-12-5-6-13-9/h1-4H,5-6H2,(H,12,13)(H,14,15). The number of benzene rings is 1. The first-order valence-corrected chi connectivity index (χ1v) is 5.58. The predicted octanol–water partition coefficient (Wildman–Crippen LogP) is 2.05. The van der Waals surface area contributed by atoms with Crippen LogP contribution in [-0.2, 0) is 0 Å². The molecule has 1 aromatic rings. The van der Waals surface area contributed by atoms with Crippen LogP contribution in [0.3, 0.4) is 0 Å². The molecule has 1 aromatic carbocycles. The lowest BCUT2D eigenvalue weighted by Crippen LogP contribution is -2.18. The van der Waals surface area contributed by atoms with E-state index >= 15 is 0 Å². The molecule has 0 radical (unpaired) electrons. The van der Waals surface area contributed by atoms with Gasteiger partial charge in [0.15, 0.2) is 5.17 Å². The maximum absolute atomic E-state index is 12.6. The van der Waals surface area contributed by atoms with Gasteiger partial charge in [0.05, 0.1) is 6.54 Å². The number of anilines is 1. The molecule has 0 unspecified atom stereocenters. The minimum absolute atomic E-state index is 0.236. The molecule has 0 spiro atoms. The van der Waals surface area contributed by atoms with Gasteiger partial charge in [-0.3, -0.25) is 9.79 Å². The highest BCUT2D eigenvalue weighted by atomic mass is 32.2. The summed E-state index contributed by atoms with van der Waals surface area (Å²) < 4.78 is 12.6. The van der Waals surface area contributed by atoms with E-state index in [0.29, 0.717) is 17.4 Å². The minimum atomic E-state index is -0.326. The number of aliphatic imine (C=N–C) groups is 1. The van der Waals surface area contributed by atoms with Crippen molar-refractivity contribution >= 4 is 27.9 Å². The van der Waals surface area contributed by atoms with Crippen molar-refractivity contribution < 1.29 is 9.18 Å². The van der Waals surface area contributed by atoms with Crippen LogP contribution in [0.2, 0.25) is 0 Å². The Bertz CT molecular complexity index is 419. The summed E-state index contributed by atoms with van der Waals surface area (Å²) in [7, 11) is 0. The zero-order valence-electron chi connectivity index (χ0n) is 8.37. The minimum Gasteiger partial charge on any atom is -0.363 e. The lowest BCUT2D eigenvalue weighted by molar-refractivity contribution is 0.270. The molecular formula is C10H10FN3OS. The van der Waals surface area contributed by atoms with Gasteiger partial charge in [-0.05, 0) is 24.3 Å². The number of rotatable bonds is 1. The molecule has 0 fully saturated rings. The van der Waals surface area contributed by atoms with Crippen molar-refractivity contribution in [2.45, 2.75) is 0 Å². The molecule has 1 aliphatic heterocycles. The van der Waals surface area contributed by atoms with E-state index in [4.69, 9.17) is 0 Å². The maximum atomic E-state index is 12.6. The molecule has 2 rings (SSSR count). The lowest BCUT2D eigenvalue weighted by atomic mass is 10.3. The van der Waals surface area contributed by atoms with Gasteiger partial charge in [0, 0.05) is 24.0 Å². The molecule has 0 saturated heterocycles. The summed E-state index contributed by atoms with van der Waals surface area (Å²) in [6, 6.07) is 5.62. The fourth-order valence-electron chi connectivity index (χ4n) is 1.21. The Kier molecular flexibility index (Phi) is 3.40. The molecule has 1 heterocycles. The lowest BCUT2D eigenvalue weighted by Gasteiger charge is -2.04. The number of amidine groups is 1. The molecular weight excluding hydrogens is 229 g/mol. The summed E-state index contributed by atoms with van der Waals surface area (Å²) in [5.41, 5.74) is 0.567. The maximum Gasteiger partial charge on any atom is 0.291 e. The normalized spacial score (nSPS) is 14.2. The Balaban J connectivity index is 1.89. The van der Waals surface area contributed by atoms with Gasteiger partial charge in [0.25, 0.3) is 5.24 Å². The number of nitrogens with one attached hydrogen (secondary N) is 2. The molecule has 84 valence electrons. The van der Waals surface area contributed by atoms with Crippen molar-refractivity contribution in [3.63, 3.8) is 0 Å². The topological polar surface area (TPSA) is 53.5 Å². The van der Waals surface area contributed by atoms with E-state index in [1.807, 2.05) is 0 Å². The second kappa shape index (κ2) is 4.98. The molecule has 0 aromatic heterocycles. The zero-order valence-corrected chi connectivity index (χ0v) is 9.18. The Labute approximate surface area is 96.3 Å². The molecule has 1 amide bonds. The number of carbonyl (C=O) groups is 1. The Hall–Kier alpha value is -1.56. The van der Waals surface area contributed by atoms with Crippen LogP contribution >= 0.6 is 11.8 Å². The Morgan fingerprint density at radius 1 is 1.44 bits per heavy atom. The molecule has 6 heteroatoms. The van der Waals surface area contributed by atoms with E-state index in [0.717, 1.165) is 18.3 Å². The fourth-order valence-corrected chi connectivity index (χ4v) is 1.88. The summed E-state index contributed by atoms with van der Waals surface area (Å²) in [6.07, 6.45) is 0. The highest BCUT2D eigenvalue weighted by molar-refractivity contribution is 8.26. The van der Waals surface area contributed by atoms with Crippen molar-refractivity contribution in [1.29, 1.82) is 0 Å². The van der Waals surface area contributed by atoms with Crippen molar-refractivity contribution in [2.75, 3.05) is 18.4 Å². The average Bonchev–Trinajstić information content (AvgIpc) is 2.74.